The minimum Gasteiger partial charge on any atom is -0.462 e. The van der Waals surface area contributed by atoms with Crippen molar-refractivity contribution < 1.29 is 52.2 Å². The van der Waals surface area contributed by atoms with Crippen LogP contribution in [0.2, 0.25) is 0 Å². The zero-order valence-electron chi connectivity index (χ0n) is 45.5. The number of allylic oxidation sites excluding steroid dienone is 26. The smallest absolute Gasteiger partial charge is 0.462 e. The number of carbonyl (C=O) groups excluding carboxylic acids is 3. The van der Waals surface area contributed by atoms with Crippen LogP contribution in [-0.4, -0.2) is 66.5 Å². The van der Waals surface area contributed by atoms with Gasteiger partial charge in [-0.05, 0) is 128 Å². The molecule has 0 aromatic rings. The lowest BCUT2D eigenvalue weighted by atomic mass is 10.1. The average molecular weight is 1050 g/mol. The lowest BCUT2D eigenvalue weighted by Crippen LogP contribution is -2.30. The zero-order valence-corrected chi connectivity index (χ0v) is 46.4. The molecule has 0 aliphatic carbocycles. The molecule has 0 aliphatic rings. The topological polar surface area (TPSA) is 155 Å². The molecule has 0 bridgehead atoms. The van der Waals surface area contributed by atoms with Crippen molar-refractivity contribution in [3.05, 3.63) is 158 Å². The van der Waals surface area contributed by atoms with E-state index in [9.17, 15) is 28.9 Å². The second-order valence-electron chi connectivity index (χ2n) is 17.2. The van der Waals surface area contributed by atoms with Gasteiger partial charge in [-0.15, -0.1) is 0 Å². The van der Waals surface area contributed by atoms with Gasteiger partial charge in [0.1, 0.15) is 12.7 Å². The maximum atomic E-state index is 12.9. The second kappa shape index (κ2) is 54.4. The normalized spacial score (nSPS) is 14.6. The quantitative estimate of drug-likeness (QED) is 0.0197. The Bertz CT molecular complexity index is 1840. The Labute approximate surface area is 447 Å². The molecule has 0 amide bonds. The van der Waals surface area contributed by atoms with Gasteiger partial charge in [0.05, 0.1) is 19.8 Å². The number of carbonyl (C=O) groups is 3. The first-order valence-corrected chi connectivity index (χ1v) is 28.9. The van der Waals surface area contributed by atoms with Crippen LogP contribution in [-0.2, 0) is 42.2 Å². The molecule has 11 nitrogen and oxygen atoms in total. The van der Waals surface area contributed by atoms with Gasteiger partial charge >= 0.3 is 25.7 Å². The van der Waals surface area contributed by atoms with Gasteiger partial charge in [0.15, 0.2) is 6.10 Å². The minimum atomic E-state index is -4.79. The highest BCUT2D eigenvalue weighted by molar-refractivity contribution is 7.47. The Hall–Kier alpha value is -4.90. The Morgan fingerprint density at radius 2 is 0.689 bits per heavy atom. The molecular weight excluding hydrogens is 952 g/mol. The molecule has 74 heavy (non-hydrogen) atoms. The molecule has 414 valence electrons. The fourth-order valence-electron chi connectivity index (χ4n) is 6.38. The van der Waals surface area contributed by atoms with E-state index < -0.39 is 57.8 Å². The summed E-state index contributed by atoms with van der Waals surface area (Å²) in [6.07, 6.45) is 70.9. The second-order valence-corrected chi connectivity index (χ2v) is 18.7. The van der Waals surface area contributed by atoms with Gasteiger partial charge in [-0.3, -0.25) is 23.4 Å². The summed E-state index contributed by atoms with van der Waals surface area (Å²) >= 11 is 0. The molecule has 0 saturated carbocycles. The molecule has 0 rings (SSSR count). The lowest BCUT2D eigenvalue weighted by Gasteiger charge is -2.21. The number of phosphoric ester groups is 1. The molecule has 0 heterocycles. The van der Waals surface area contributed by atoms with E-state index in [1.807, 2.05) is 18.2 Å². The molecule has 0 spiro atoms. The summed E-state index contributed by atoms with van der Waals surface area (Å²) in [5.74, 6) is -1.67. The van der Waals surface area contributed by atoms with Crippen molar-refractivity contribution in [2.24, 2.45) is 0 Å². The summed E-state index contributed by atoms with van der Waals surface area (Å²) in [4.78, 5) is 48.4. The predicted octanol–water partition coefficient (Wildman–Crippen LogP) is 16.1. The van der Waals surface area contributed by atoms with E-state index in [4.69, 9.17) is 23.3 Å². The van der Waals surface area contributed by atoms with Crippen molar-refractivity contribution in [1.82, 2.24) is 0 Å². The Morgan fingerprint density at radius 3 is 1.09 bits per heavy atom. The van der Waals surface area contributed by atoms with Gasteiger partial charge in [0.2, 0.25) is 0 Å². The van der Waals surface area contributed by atoms with Crippen LogP contribution in [0.4, 0.5) is 0 Å². The number of phosphoric acid groups is 1. The summed E-state index contributed by atoms with van der Waals surface area (Å²) in [7, 11) is -4.79. The minimum absolute atomic E-state index is 0.0410. The van der Waals surface area contributed by atoms with Crippen molar-refractivity contribution in [3.8, 4) is 0 Å². The van der Waals surface area contributed by atoms with Crippen molar-refractivity contribution in [1.29, 1.82) is 0 Å². The third kappa shape index (κ3) is 52.0. The zero-order chi connectivity index (χ0) is 54.1. The third-order valence-corrected chi connectivity index (χ3v) is 11.4. The maximum Gasteiger partial charge on any atom is 0.472 e. The number of ether oxygens (including phenoxy) is 3. The Morgan fingerprint density at radius 1 is 0.378 bits per heavy atom. The number of unbranched alkanes of at least 4 members (excludes halogenated alkanes) is 5. The van der Waals surface area contributed by atoms with Crippen LogP contribution < -0.4 is 0 Å². The predicted molar refractivity (Wildman–Crippen MR) is 306 cm³/mol. The van der Waals surface area contributed by atoms with Crippen LogP contribution >= 0.6 is 7.82 Å². The van der Waals surface area contributed by atoms with E-state index in [0.29, 0.717) is 19.3 Å². The number of esters is 3. The van der Waals surface area contributed by atoms with Crippen molar-refractivity contribution in [2.75, 3.05) is 26.4 Å². The first-order chi connectivity index (χ1) is 36.2. The first kappa shape index (κ1) is 69.1. The number of hydrogen-bond donors (Lipinski definition) is 2. The van der Waals surface area contributed by atoms with Gasteiger partial charge in [-0.1, -0.05) is 185 Å². The molecule has 0 saturated heterocycles. The van der Waals surface area contributed by atoms with Crippen LogP contribution in [0.5, 0.6) is 0 Å². The fourth-order valence-corrected chi connectivity index (χ4v) is 7.17. The van der Waals surface area contributed by atoms with E-state index in [1.54, 1.807) is 0 Å². The molecule has 3 atom stereocenters. The summed E-state index contributed by atoms with van der Waals surface area (Å²) < 4.78 is 39.3. The monoisotopic (exact) mass is 1050 g/mol. The molecular formula is C62H95O11P. The van der Waals surface area contributed by atoms with Crippen LogP contribution in [0, 0.1) is 0 Å². The molecule has 0 radical (unpaired) electrons. The highest BCUT2D eigenvalue weighted by Crippen LogP contribution is 2.43. The van der Waals surface area contributed by atoms with Crippen LogP contribution in [0.3, 0.4) is 0 Å². The van der Waals surface area contributed by atoms with Gasteiger partial charge < -0.3 is 24.2 Å². The van der Waals surface area contributed by atoms with Crippen LogP contribution in [0.1, 0.15) is 175 Å². The van der Waals surface area contributed by atoms with Crippen LogP contribution in [0.15, 0.2) is 158 Å². The molecule has 2 N–H and O–H groups in total. The average Bonchev–Trinajstić information content (AvgIpc) is 3.39. The summed E-state index contributed by atoms with van der Waals surface area (Å²) in [5.41, 5.74) is 0. The van der Waals surface area contributed by atoms with Crippen LogP contribution in [0.25, 0.3) is 0 Å². The number of hydrogen-bond acceptors (Lipinski definition) is 10. The lowest BCUT2D eigenvalue weighted by molar-refractivity contribution is -0.161. The van der Waals surface area contributed by atoms with Gasteiger partial charge in [0.25, 0.3) is 0 Å². The number of aliphatic hydroxyl groups is 1. The molecule has 0 aliphatic heterocycles. The van der Waals surface area contributed by atoms with Crippen molar-refractivity contribution in [2.45, 2.75) is 187 Å². The highest BCUT2D eigenvalue weighted by atomic mass is 31.2. The summed E-state index contributed by atoms with van der Waals surface area (Å²) in [6.45, 7) is 4.09. The largest absolute Gasteiger partial charge is 0.472 e. The molecule has 0 aromatic heterocycles. The first-order valence-electron chi connectivity index (χ1n) is 27.4. The van der Waals surface area contributed by atoms with Crippen molar-refractivity contribution >= 4 is 25.7 Å². The summed E-state index contributed by atoms with van der Waals surface area (Å²) in [6, 6.07) is 0. The van der Waals surface area contributed by atoms with E-state index in [-0.39, 0.29) is 25.9 Å². The van der Waals surface area contributed by atoms with E-state index in [1.165, 1.54) is 0 Å². The molecule has 0 fully saturated rings. The fraction of sp³-hybridized carbons (Fsp3) is 0.532. The molecule has 12 heteroatoms. The van der Waals surface area contributed by atoms with Gasteiger partial charge in [-0.25, -0.2) is 4.57 Å². The molecule has 3 unspecified atom stereocenters. The van der Waals surface area contributed by atoms with Gasteiger partial charge in [-0.2, -0.15) is 0 Å². The maximum absolute atomic E-state index is 12.9. The van der Waals surface area contributed by atoms with E-state index in [2.05, 4.69) is 161 Å². The van der Waals surface area contributed by atoms with E-state index >= 15 is 0 Å². The standard InChI is InChI=1S/C62H95O11P/c1-4-7-10-13-16-19-22-25-27-28-29-30-32-35-38-41-44-47-50-53-62(66)73-59(55-69-60(64)51-48-45-42-39-36-34-31-26-23-20-17-14-11-8-5-2)57-71-74(67,68)70-56-58(54-63)72-61(65)52-49-46-43-40-37-33-24-21-18-15-12-9-6-3/h7-12,16-21,25-27,29-31,33,35-39,43,46,58-59,63H,4-6,13-15,22-24,28,32,34,40-42,44-45,47-57H2,1-3H3,(H,67,68)/b10-7-,11-8-,12-9-,19-16-,20-17-,21-18-,27-25-,30-29-,31-26-,37-33-,38-35-,39-36-,46-43-. The number of aliphatic hydroxyl groups excluding tert-OH is 1. The van der Waals surface area contributed by atoms with E-state index in [0.717, 1.165) is 116 Å². The number of rotatable bonds is 48. The Balaban J connectivity index is 4.95. The summed E-state index contributed by atoms with van der Waals surface area (Å²) in [5, 5.41) is 9.78. The highest BCUT2D eigenvalue weighted by Gasteiger charge is 2.28. The molecule has 0 aromatic carbocycles. The third-order valence-electron chi connectivity index (χ3n) is 10.4. The van der Waals surface area contributed by atoms with Gasteiger partial charge in [0, 0.05) is 19.3 Å². The SMILES string of the molecule is CC/C=C\C/C=C\C/C=C\C/C=C\C/C=C\CCCCCC(=O)OC(COC(=O)CCCC/C=C\C/C=C\C/C=C\C/C=C\CC)COP(=O)(O)OCC(CO)OC(=O)CC/C=C\C/C=C\C/C=C\C/C=C\CC. The van der Waals surface area contributed by atoms with Crippen molar-refractivity contribution in [3.63, 3.8) is 0 Å². The Kier molecular flexibility index (Phi) is 50.8.